The zero-order chi connectivity index (χ0) is 15.8. The van der Waals surface area contributed by atoms with E-state index in [0.29, 0.717) is 10.9 Å². The summed E-state index contributed by atoms with van der Waals surface area (Å²) >= 11 is 0. The molecule has 0 aliphatic carbocycles. The molecule has 112 valence electrons. The van der Waals surface area contributed by atoms with Gasteiger partial charge in [-0.05, 0) is 39.0 Å². The van der Waals surface area contributed by atoms with Crippen molar-refractivity contribution in [2.45, 2.75) is 26.3 Å². The number of aromatic carboxylic acids is 1. The Morgan fingerprint density at radius 2 is 1.95 bits per heavy atom. The number of nitrogens with one attached hydrogen (secondary N) is 2. The summed E-state index contributed by atoms with van der Waals surface area (Å²) in [6.07, 6.45) is 0. The van der Waals surface area contributed by atoms with E-state index < -0.39 is 5.97 Å². The van der Waals surface area contributed by atoms with Gasteiger partial charge in [0.05, 0.1) is 12.1 Å². The van der Waals surface area contributed by atoms with Gasteiger partial charge in [-0.15, -0.1) is 0 Å². The van der Waals surface area contributed by atoms with Gasteiger partial charge >= 0.3 is 5.97 Å². The van der Waals surface area contributed by atoms with E-state index in [1.165, 1.54) is 18.2 Å². The Hall–Kier alpha value is -2.34. The Kier molecular flexibility index (Phi) is 3.74. The van der Waals surface area contributed by atoms with Gasteiger partial charge in [-0.3, -0.25) is 4.79 Å². The van der Waals surface area contributed by atoms with E-state index in [1.54, 1.807) is 0 Å². The molecule has 0 amide bonds. The average molecular weight is 290 g/mol. The van der Waals surface area contributed by atoms with Crippen LogP contribution in [-0.4, -0.2) is 39.0 Å². The second-order valence-electron chi connectivity index (χ2n) is 5.94. The van der Waals surface area contributed by atoms with Crippen LogP contribution < -0.4 is 5.32 Å². The number of aromatic hydroxyl groups is 1. The van der Waals surface area contributed by atoms with Crippen molar-refractivity contribution in [3.05, 3.63) is 29.5 Å². The summed E-state index contributed by atoms with van der Waals surface area (Å²) in [6, 6.07) is 4.25. The highest BCUT2D eigenvalue weighted by molar-refractivity contribution is 6.11. The van der Waals surface area contributed by atoms with Crippen molar-refractivity contribution in [2.75, 3.05) is 6.54 Å². The second kappa shape index (κ2) is 5.21. The summed E-state index contributed by atoms with van der Waals surface area (Å²) in [7, 11) is 0. The van der Waals surface area contributed by atoms with Crippen LogP contribution in [0.25, 0.3) is 10.9 Å². The second-order valence-corrected chi connectivity index (χ2v) is 5.94. The predicted molar refractivity (Wildman–Crippen MR) is 79.0 cm³/mol. The van der Waals surface area contributed by atoms with Gasteiger partial charge in [0, 0.05) is 16.5 Å². The summed E-state index contributed by atoms with van der Waals surface area (Å²) in [6.45, 7) is 5.99. The lowest BCUT2D eigenvalue weighted by molar-refractivity contribution is 0.0691. The van der Waals surface area contributed by atoms with Crippen LogP contribution in [0.1, 0.15) is 41.6 Å². The van der Waals surface area contributed by atoms with Crippen molar-refractivity contribution in [1.82, 2.24) is 10.3 Å². The molecule has 1 heterocycles. The fraction of sp³-hybridized carbons (Fsp3) is 0.333. The number of rotatable bonds is 4. The molecule has 0 atom stereocenters. The molecule has 0 radical (unpaired) electrons. The Bertz CT molecular complexity index is 710. The van der Waals surface area contributed by atoms with E-state index in [9.17, 15) is 14.7 Å². The first-order chi connectivity index (χ1) is 9.69. The lowest BCUT2D eigenvalue weighted by Gasteiger charge is -2.20. The number of carbonyl (C=O) groups excluding carboxylic acids is 1. The van der Waals surface area contributed by atoms with Gasteiger partial charge in [-0.2, -0.15) is 0 Å². The Balaban J connectivity index is 2.42. The van der Waals surface area contributed by atoms with Crippen molar-refractivity contribution in [3.63, 3.8) is 0 Å². The maximum atomic E-state index is 12.3. The number of hydrogen-bond donors (Lipinski definition) is 4. The first-order valence-electron chi connectivity index (χ1n) is 6.55. The molecule has 1 aromatic heterocycles. The highest BCUT2D eigenvalue weighted by Crippen LogP contribution is 2.28. The van der Waals surface area contributed by atoms with E-state index in [0.717, 1.165) is 0 Å². The Morgan fingerprint density at radius 3 is 2.52 bits per heavy atom. The molecular formula is C15H18N2O4. The third kappa shape index (κ3) is 3.22. The number of carboxylic acids is 1. The molecule has 4 N–H and O–H groups in total. The normalized spacial score (nSPS) is 11.8. The van der Waals surface area contributed by atoms with Gasteiger partial charge in [0.1, 0.15) is 11.4 Å². The van der Waals surface area contributed by atoms with Gasteiger partial charge in [0.2, 0.25) is 0 Å². The SMILES string of the molecule is CC(C)(C)NCC(=O)c1ccc(O)c2[nH]c(C(=O)O)cc12. The Morgan fingerprint density at radius 1 is 1.29 bits per heavy atom. The fourth-order valence-electron chi connectivity index (χ4n) is 2.00. The number of carboxylic acid groups (broad SMARTS) is 1. The van der Waals surface area contributed by atoms with Crippen LogP contribution in [-0.2, 0) is 0 Å². The number of fused-ring (bicyclic) bond motifs is 1. The van der Waals surface area contributed by atoms with Crippen molar-refractivity contribution in [2.24, 2.45) is 0 Å². The van der Waals surface area contributed by atoms with Crippen molar-refractivity contribution in [3.8, 4) is 5.75 Å². The molecule has 0 unspecified atom stereocenters. The molecule has 21 heavy (non-hydrogen) atoms. The van der Waals surface area contributed by atoms with Crippen LogP contribution >= 0.6 is 0 Å². The van der Waals surface area contributed by atoms with Gasteiger partial charge in [0.15, 0.2) is 5.78 Å². The summed E-state index contributed by atoms with van der Waals surface area (Å²) in [4.78, 5) is 25.9. The minimum atomic E-state index is -1.14. The van der Waals surface area contributed by atoms with Crippen molar-refractivity contribution < 1.29 is 19.8 Å². The summed E-state index contributed by atoms with van der Waals surface area (Å²) < 4.78 is 0. The number of phenolic OH excluding ortho intramolecular Hbond substituents is 1. The van der Waals surface area contributed by atoms with Crippen LogP contribution in [0, 0.1) is 0 Å². The minimum Gasteiger partial charge on any atom is -0.506 e. The number of benzene rings is 1. The molecule has 6 heteroatoms. The number of hydrogen-bond acceptors (Lipinski definition) is 4. The molecule has 1 aromatic carbocycles. The van der Waals surface area contributed by atoms with Gasteiger partial charge in [0.25, 0.3) is 0 Å². The molecule has 2 aromatic rings. The van der Waals surface area contributed by atoms with Gasteiger partial charge in [-0.1, -0.05) is 0 Å². The van der Waals surface area contributed by atoms with Gasteiger partial charge in [-0.25, -0.2) is 4.79 Å². The number of phenols is 1. The monoisotopic (exact) mass is 290 g/mol. The standard InChI is InChI=1S/C15H18N2O4/c1-15(2,3)16-7-12(19)8-4-5-11(18)13-9(8)6-10(17-13)14(20)21/h4-6,16-18H,7H2,1-3H3,(H,20,21). The number of aromatic amines is 1. The lowest BCUT2D eigenvalue weighted by atomic mass is 10.0. The molecule has 0 fully saturated rings. The third-order valence-corrected chi connectivity index (χ3v) is 3.08. The first kappa shape index (κ1) is 15.1. The summed E-state index contributed by atoms with van der Waals surface area (Å²) in [5.41, 5.74) is 0.373. The predicted octanol–water partition coefficient (Wildman–Crippen LogP) is 2.14. The van der Waals surface area contributed by atoms with Crippen molar-refractivity contribution >= 4 is 22.7 Å². The molecule has 0 saturated carbocycles. The first-order valence-corrected chi connectivity index (χ1v) is 6.55. The quantitative estimate of drug-likeness (QED) is 0.646. The zero-order valence-corrected chi connectivity index (χ0v) is 12.2. The molecule has 0 saturated heterocycles. The van der Waals surface area contributed by atoms with Crippen LogP contribution in [0.5, 0.6) is 5.75 Å². The van der Waals surface area contributed by atoms with Crippen LogP contribution in [0.4, 0.5) is 0 Å². The van der Waals surface area contributed by atoms with Crippen molar-refractivity contribution in [1.29, 1.82) is 0 Å². The highest BCUT2D eigenvalue weighted by Gasteiger charge is 2.18. The van der Waals surface area contributed by atoms with Crippen LogP contribution in [0.3, 0.4) is 0 Å². The Labute approximate surface area is 121 Å². The van der Waals surface area contributed by atoms with E-state index >= 15 is 0 Å². The number of ketones is 1. The average Bonchev–Trinajstić information content (AvgIpc) is 2.81. The molecule has 0 spiro atoms. The molecule has 2 rings (SSSR count). The molecule has 6 nitrogen and oxygen atoms in total. The molecule has 0 aliphatic rings. The summed E-state index contributed by atoms with van der Waals surface area (Å²) in [5, 5.41) is 22.3. The summed E-state index contributed by atoms with van der Waals surface area (Å²) in [5.74, 6) is -1.39. The van der Waals surface area contributed by atoms with E-state index in [2.05, 4.69) is 10.3 Å². The zero-order valence-electron chi connectivity index (χ0n) is 12.2. The molecular weight excluding hydrogens is 272 g/mol. The molecule has 0 aliphatic heterocycles. The largest absolute Gasteiger partial charge is 0.506 e. The number of Topliss-reactive ketones (excluding diaryl/α,β-unsaturated/α-hetero) is 1. The van der Waals surface area contributed by atoms with E-state index in [4.69, 9.17) is 5.11 Å². The smallest absolute Gasteiger partial charge is 0.352 e. The van der Waals surface area contributed by atoms with E-state index in [1.807, 2.05) is 20.8 Å². The highest BCUT2D eigenvalue weighted by atomic mass is 16.4. The number of H-pyrrole nitrogens is 1. The lowest BCUT2D eigenvalue weighted by Crippen LogP contribution is -2.39. The van der Waals surface area contributed by atoms with Crippen LogP contribution in [0.2, 0.25) is 0 Å². The number of carbonyl (C=O) groups is 2. The van der Waals surface area contributed by atoms with Crippen LogP contribution in [0.15, 0.2) is 18.2 Å². The fourth-order valence-corrected chi connectivity index (χ4v) is 2.00. The maximum Gasteiger partial charge on any atom is 0.352 e. The van der Waals surface area contributed by atoms with Gasteiger partial charge < -0.3 is 20.5 Å². The topological polar surface area (TPSA) is 102 Å². The minimum absolute atomic E-state index is 0.0654. The third-order valence-electron chi connectivity index (χ3n) is 3.08. The van der Waals surface area contributed by atoms with E-state index in [-0.39, 0.29) is 34.8 Å². The maximum absolute atomic E-state index is 12.3. The number of aromatic nitrogens is 1. The molecule has 0 bridgehead atoms.